The lowest BCUT2D eigenvalue weighted by molar-refractivity contribution is 0.0922. The van der Waals surface area contributed by atoms with Gasteiger partial charge in [0.05, 0.1) is 5.56 Å². The predicted molar refractivity (Wildman–Crippen MR) is 95.2 cm³/mol. The molecule has 0 saturated heterocycles. The highest BCUT2D eigenvalue weighted by molar-refractivity contribution is 7.99. The van der Waals surface area contributed by atoms with Gasteiger partial charge in [-0.15, -0.1) is 11.8 Å². The largest absolute Gasteiger partial charge is 0.455 e. The van der Waals surface area contributed by atoms with Crippen molar-refractivity contribution in [1.29, 1.82) is 0 Å². The molecular formula is C18H18ClNO3S. The number of aryl methyl sites for hydroxylation is 1. The third-order valence-corrected chi connectivity index (χ3v) is 5.25. The number of benzene rings is 1. The Morgan fingerprint density at radius 3 is 2.75 bits per heavy atom. The fourth-order valence-electron chi connectivity index (χ4n) is 2.81. The Balaban J connectivity index is 1.56. The maximum absolute atomic E-state index is 12.3. The van der Waals surface area contributed by atoms with Crippen LogP contribution >= 0.6 is 23.4 Å². The molecule has 3 rings (SSSR count). The van der Waals surface area contributed by atoms with Crippen LogP contribution in [0.3, 0.4) is 0 Å². The second-order valence-electron chi connectivity index (χ2n) is 5.69. The van der Waals surface area contributed by atoms with Crippen molar-refractivity contribution in [3.63, 3.8) is 0 Å². The molecule has 0 radical (unpaired) electrons. The number of nitrogens with one attached hydrogen (secondary N) is 1. The Labute approximate surface area is 149 Å². The molecule has 2 aromatic rings. The fraction of sp³-hybridized carbons (Fsp3) is 0.333. The van der Waals surface area contributed by atoms with Crippen LogP contribution in [0.1, 0.15) is 45.1 Å². The van der Waals surface area contributed by atoms with Gasteiger partial charge >= 0.3 is 0 Å². The zero-order valence-corrected chi connectivity index (χ0v) is 14.9. The smallest absolute Gasteiger partial charge is 0.287 e. The van der Waals surface area contributed by atoms with Crippen LogP contribution in [0.4, 0.5) is 0 Å². The number of amides is 1. The lowest BCUT2D eigenvalue weighted by Crippen LogP contribution is -2.26. The van der Waals surface area contributed by atoms with E-state index in [1.165, 1.54) is 0 Å². The zero-order chi connectivity index (χ0) is 17.1. The Bertz CT molecular complexity index is 767. The number of carbonyl (C=O) groups excluding carboxylic acids is 2. The van der Waals surface area contributed by atoms with Crippen molar-refractivity contribution in [2.75, 3.05) is 12.3 Å². The Morgan fingerprint density at radius 2 is 2.04 bits per heavy atom. The lowest BCUT2D eigenvalue weighted by Gasteiger charge is -2.07. The lowest BCUT2D eigenvalue weighted by atomic mass is 9.94. The van der Waals surface area contributed by atoms with Gasteiger partial charge in [-0.1, -0.05) is 11.6 Å². The number of thioether (sulfide) groups is 1. The third-order valence-electron chi connectivity index (χ3n) is 3.98. The van der Waals surface area contributed by atoms with Crippen LogP contribution in [0.25, 0.3) is 0 Å². The monoisotopic (exact) mass is 363 g/mol. The van der Waals surface area contributed by atoms with Crippen molar-refractivity contribution in [2.24, 2.45) is 0 Å². The van der Waals surface area contributed by atoms with E-state index in [0.717, 1.165) is 23.5 Å². The van der Waals surface area contributed by atoms with E-state index in [2.05, 4.69) is 5.32 Å². The Morgan fingerprint density at radius 1 is 1.29 bits per heavy atom. The number of rotatable bonds is 5. The number of Topliss-reactive ketones (excluding diaryl/α,β-unsaturated/α-hetero) is 1. The summed E-state index contributed by atoms with van der Waals surface area (Å²) in [5.41, 5.74) is 1.28. The summed E-state index contributed by atoms with van der Waals surface area (Å²) in [7, 11) is 0. The highest BCUT2D eigenvalue weighted by atomic mass is 35.5. The van der Waals surface area contributed by atoms with Crippen LogP contribution in [-0.4, -0.2) is 24.0 Å². The number of hydrogen-bond donors (Lipinski definition) is 1. The molecule has 24 heavy (non-hydrogen) atoms. The first-order valence-electron chi connectivity index (χ1n) is 7.88. The number of halogens is 1. The second-order valence-corrected chi connectivity index (χ2v) is 7.29. The SMILES string of the molecule is Cc1c(C(=O)NCCSc2ccc(Cl)cc2)oc2c1C(=O)CCC2. The van der Waals surface area contributed by atoms with Gasteiger partial charge in [0.25, 0.3) is 5.91 Å². The predicted octanol–water partition coefficient (Wildman–Crippen LogP) is 4.28. The topological polar surface area (TPSA) is 59.3 Å². The first-order chi connectivity index (χ1) is 11.6. The van der Waals surface area contributed by atoms with Gasteiger partial charge < -0.3 is 9.73 Å². The molecule has 6 heteroatoms. The molecule has 1 aliphatic rings. The molecule has 0 spiro atoms. The number of carbonyl (C=O) groups is 2. The molecule has 0 aliphatic heterocycles. The summed E-state index contributed by atoms with van der Waals surface area (Å²) >= 11 is 7.49. The van der Waals surface area contributed by atoms with Gasteiger partial charge in [0, 0.05) is 40.6 Å². The van der Waals surface area contributed by atoms with Gasteiger partial charge in [-0.05, 0) is 37.6 Å². The molecule has 0 unspecified atom stereocenters. The molecule has 0 fully saturated rings. The first-order valence-corrected chi connectivity index (χ1v) is 9.24. The first kappa shape index (κ1) is 17.1. The molecule has 0 atom stereocenters. The summed E-state index contributed by atoms with van der Waals surface area (Å²) in [6.07, 6.45) is 2.05. The van der Waals surface area contributed by atoms with Crippen LogP contribution < -0.4 is 5.32 Å². The quantitative estimate of drug-likeness (QED) is 0.636. The van der Waals surface area contributed by atoms with Crippen molar-refractivity contribution >= 4 is 35.1 Å². The minimum atomic E-state index is -0.258. The minimum Gasteiger partial charge on any atom is -0.455 e. The maximum atomic E-state index is 12.3. The molecule has 4 nitrogen and oxygen atoms in total. The van der Waals surface area contributed by atoms with Crippen LogP contribution in [0.5, 0.6) is 0 Å². The van der Waals surface area contributed by atoms with Crippen LogP contribution in [-0.2, 0) is 6.42 Å². The molecular weight excluding hydrogens is 346 g/mol. The summed E-state index contributed by atoms with van der Waals surface area (Å²) < 4.78 is 5.64. The van der Waals surface area contributed by atoms with Gasteiger partial charge in [0.2, 0.25) is 0 Å². The molecule has 1 amide bonds. The second kappa shape index (κ2) is 7.45. The molecule has 1 aromatic heterocycles. The van der Waals surface area contributed by atoms with E-state index in [-0.39, 0.29) is 17.5 Å². The molecule has 1 heterocycles. The van der Waals surface area contributed by atoms with Crippen molar-refractivity contribution in [1.82, 2.24) is 5.32 Å². The van der Waals surface area contributed by atoms with E-state index in [1.807, 2.05) is 24.3 Å². The Kier molecular flexibility index (Phi) is 5.31. The number of fused-ring (bicyclic) bond motifs is 1. The maximum Gasteiger partial charge on any atom is 0.287 e. The summed E-state index contributed by atoms with van der Waals surface area (Å²) in [4.78, 5) is 25.4. The van der Waals surface area contributed by atoms with Gasteiger partial charge in [0.15, 0.2) is 11.5 Å². The molecule has 0 bridgehead atoms. The van der Waals surface area contributed by atoms with Gasteiger partial charge in [-0.3, -0.25) is 9.59 Å². The average Bonchev–Trinajstić information content (AvgIpc) is 2.91. The normalized spacial score (nSPS) is 13.7. The van der Waals surface area contributed by atoms with E-state index in [0.29, 0.717) is 34.9 Å². The third kappa shape index (κ3) is 3.68. The van der Waals surface area contributed by atoms with Crippen molar-refractivity contribution < 1.29 is 14.0 Å². The summed E-state index contributed by atoms with van der Waals surface area (Å²) in [5.74, 6) is 1.49. The summed E-state index contributed by atoms with van der Waals surface area (Å²) in [6.45, 7) is 2.30. The Hall–Kier alpha value is -1.72. The molecule has 1 aromatic carbocycles. The van der Waals surface area contributed by atoms with Gasteiger partial charge in [0.1, 0.15) is 5.76 Å². The molecule has 1 aliphatic carbocycles. The van der Waals surface area contributed by atoms with E-state index >= 15 is 0 Å². The highest BCUT2D eigenvalue weighted by Gasteiger charge is 2.28. The van der Waals surface area contributed by atoms with E-state index in [4.69, 9.17) is 16.0 Å². The van der Waals surface area contributed by atoms with Crippen LogP contribution in [0, 0.1) is 6.92 Å². The number of hydrogen-bond acceptors (Lipinski definition) is 4. The zero-order valence-electron chi connectivity index (χ0n) is 13.4. The molecule has 0 saturated carbocycles. The van der Waals surface area contributed by atoms with Gasteiger partial charge in [-0.25, -0.2) is 0 Å². The molecule has 126 valence electrons. The van der Waals surface area contributed by atoms with Crippen LogP contribution in [0.15, 0.2) is 33.6 Å². The van der Waals surface area contributed by atoms with Crippen molar-refractivity contribution in [3.05, 3.63) is 51.9 Å². The summed E-state index contributed by atoms with van der Waals surface area (Å²) in [6, 6.07) is 7.59. The van der Waals surface area contributed by atoms with E-state index in [9.17, 15) is 9.59 Å². The van der Waals surface area contributed by atoms with Crippen molar-refractivity contribution in [3.8, 4) is 0 Å². The highest BCUT2D eigenvalue weighted by Crippen LogP contribution is 2.29. The average molecular weight is 364 g/mol. The fourth-order valence-corrected chi connectivity index (χ4v) is 3.70. The number of furan rings is 1. The van der Waals surface area contributed by atoms with Crippen molar-refractivity contribution in [2.45, 2.75) is 31.1 Å². The number of ketones is 1. The molecule has 1 N–H and O–H groups in total. The van der Waals surface area contributed by atoms with E-state index < -0.39 is 0 Å². The summed E-state index contributed by atoms with van der Waals surface area (Å²) in [5, 5.41) is 3.56. The standard InChI is InChI=1S/C18H18ClNO3S/c1-11-16-14(21)3-2-4-15(16)23-17(11)18(22)20-9-10-24-13-7-5-12(19)6-8-13/h5-8H,2-4,9-10H2,1H3,(H,20,22). The van der Waals surface area contributed by atoms with Gasteiger partial charge in [-0.2, -0.15) is 0 Å². The van der Waals surface area contributed by atoms with Crippen LogP contribution in [0.2, 0.25) is 5.02 Å². The van der Waals surface area contributed by atoms with E-state index in [1.54, 1.807) is 18.7 Å². The minimum absolute atomic E-state index is 0.0786.